The molecular formula is C25H24N4O5S. The Morgan fingerprint density at radius 1 is 1.17 bits per heavy atom. The second-order valence-electron chi connectivity index (χ2n) is 7.45. The van der Waals surface area contributed by atoms with Crippen LogP contribution in [0.15, 0.2) is 35.2 Å². The lowest BCUT2D eigenvalue weighted by molar-refractivity contribution is -0.115. The number of carbonyl (C=O) groups is 3. The summed E-state index contributed by atoms with van der Waals surface area (Å²) in [5, 5.41) is 11.7. The highest BCUT2D eigenvalue weighted by Crippen LogP contribution is 2.31. The molecular weight excluding hydrogens is 468 g/mol. The molecule has 0 unspecified atom stereocenters. The van der Waals surface area contributed by atoms with Crippen LogP contribution in [0.3, 0.4) is 0 Å². The number of nitrogens with zero attached hydrogens (tertiary/aromatic N) is 3. The molecule has 2 aromatic heterocycles. The number of aromatic nitrogens is 2. The van der Waals surface area contributed by atoms with E-state index in [1.807, 2.05) is 6.07 Å². The number of anilines is 2. The van der Waals surface area contributed by atoms with Gasteiger partial charge in [-0.25, -0.2) is 9.78 Å². The molecule has 3 aromatic rings. The second-order valence-corrected chi connectivity index (χ2v) is 8.29. The molecule has 3 rings (SSSR count). The van der Waals surface area contributed by atoms with Gasteiger partial charge in [-0.05, 0) is 51.1 Å². The van der Waals surface area contributed by atoms with Gasteiger partial charge in [0, 0.05) is 23.7 Å². The molecule has 0 fully saturated rings. The first kappa shape index (κ1) is 25.4. The molecule has 2 heterocycles. The van der Waals surface area contributed by atoms with E-state index in [-0.39, 0.29) is 29.2 Å². The minimum Gasteiger partial charge on any atom is -0.497 e. The van der Waals surface area contributed by atoms with Crippen LogP contribution in [0.1, 0.15) is 51.6 Å². The standard InChI is InChI=1S/C25H24N4O5S/c1-6-34-24(32)22-15(3)27-14(2)21(22)23(31)17(12-26)11-18-13-35-25(28-18)29(16(4)30)19-7-9-20(33-5)10-8-19/h7-11,13,27H,6H2,1-5H3/b17-11+. The van der Waals surface area contributed by atoms with Crippen molar-refractivity contribution >= 4 is 45.9 Å². The number of allylic oxidation sites excluding steroid dienone is 1. The fourth-order valence-electron chi connectivity index (χ4n) is 3.56. The van der Waals surface area contributed by atoms with Crippen LogP contribution in [0.4, 0.5) is 10.8 Å². The number of amides is 1. The number of rotatable bonds is 8. The van der Waals surface area contributed by atoms with Gasteiger partial charge in [0.2, 0.25) is 11.7 Å². The molecule has 35 heavy (non-hydrogen) atoms. The largest absolute Gasteiger partial charge is 0.497 e. The van der Waals surface area contributed by atoms with Crippen molar-refractivity contribution in [2.45, 2.75) is 27.7 Å². The van der Waals surface area contributed by atoms with Gasteiger partial charge in [-0.1, -0.05) is 0 Å². The smallest absolute Gasteiger partial charge is 0.340 e. The van der Waals surface area contributed by atoms with Crippen molar-refractivity contribution in [1.82, 2.24) is 9.97 Å². The van der Waals surface area contributed by atoms with Gasteiger partial charge in [0.25, 0.3) is 0 Å². The lowest BCUT2D eigenvalue weighted by Crippen LogP contribution is -2.22. The van der Waals surface area contributed by atoms with Crippen molar-refractivity contribution in [3.05, 3.63) is 63.4 Å². The van der Waals surface area contributed by atoms with Crippen LogP contribution >= 0.6 is 11.3 Å². The molecule has 1 N–H and O–H groups in total. The normalized spacial score (nSPS) is 11.0. The molecule has 0 aliphatic heterocycles. The number of methoxy groups -OCH3 is 1. The minimum absolute atomic E-state index is 0.0906. The predicted molar refractivity (Wildman–Crippen MR) is 132 cm³/mol. The third-order valence-corrected chi connectivity index (χ3v) is 5.93. The minimum atomic E-state index is -0.637. The van der Waals surface area contributed by atoms with E-state index in [0.717, 1.165) is 0 Å². The van der Waals surface area contributed by atoms with Crippen LogP contribution in [-0.4, -0.2) is 41.3 Å². The topological polar surface area (TPSA) is 125 Å². The van der Waals surface area contributed by atoms with Gasteiger partial charge in [-0.3, -0.25) is 14.5 Å². The summed E-state index contributed by atoms with van der Waals surface area (Å²) in [5.74, 6) is -0.864. The Balaban J connectivity index is 1.97. The van der Waals surface area contributed by atoms with Crippen molar-refractivity contribution in [2.24, 2.45) is 0 Å². The summed E-state index contributed by atoms with van der Waals surface area (Å²) >= 11 is 1.19. The van der Waals surface area contributed by atoms with Gasteiger partial charge in [0.05, 0.1) is 36.2 Å². The number of aryl methyl sites for hydroxylation is 2. The Morgan fingerprint density at radius 3 is 2.40 bits per heavy atom. The molecule has 0 aliphatic carbocycles. The quantitative estimate of drug-likeness (QED) is 0.208. The SMILES string of the molecule is CCOC(=O)c1c(C)[nH]c(C)c1C(=O)/C(C#N)=C/c1csc(N(C(C)=O)c2ccc(OC)cc2)n1. The first-order valence-corrected chi connectivity index (χ1v) is 11.5. The van der Waals surface area contributed by atoms with Gasteiger partial charge in [-0.15, -0.1) is 11.3 Å². The highest BCUT2D eigenvalue weighted by atomic mass is 32.1. The van der Waals surface area contributed by atoms with Gasteiger partial charge < -0.3 is 14.5 Å². The van der Waals surface area contributed by atoms with E-state index in [1.165, 1.54) is 29.2 Å². The number of nitrogens with one attached hydrogen (secondary N) is 1. The molecule has 180 valence electrons. The number of esters is 1. The van der Waals surface area contributed by atoms with Crippen LogP contribution in [0.5, 0.6) is 5.75 Å². The molecule has 1 aromatic carbocycles. The van der Waals surface area contributed by atoms with E-state index >= 15 is 0 Å². The summed E-state index contributed by atoms with van der Waals surface area (Å²) in [6.45, 7) is 6.55. The fraction of sp³-hybridized carbons (Fsp3) is 0.240. The number of nitriles is 1. The lowest BCUT2D eigenvalue weighted by atomic mass is 9.99. The number of ether oxygens (including phenoxy) is 2. The summed E-state index contributed by atoms with van der Waals surface area (Å²) < 4.78 is 10.2. The van der Waals surface area contributed by atoms with E-state index < -0.39 is 11.8 Å². The second kappa shape index (κ2) is 10.8. The van der Waals surface area contributed by atoms with Crippen molar-refractivity contribution in [3.8, 4) is 11.8 Å². The lowest BCUT2D eigenvalue weighted by Gasteiger charge is -2.18. The van der Waals surface area contributed by atoms with E-state index in [4.69, 9.17) is 9.47 Å². The molecule has 0 aliphatic rings. The first-order chi connectivity index (χ1) is 16.7. The number of carbonyl (C=O) groups excluding carboxylic acids is 3. The molecule has 10 heteroatoms. The van der Waals surface area contributed by atoms with Crippen LogP contribution in [-0.2, 0) is 9.53 Å². The Labute approximate surface area is 206 Å². The third kappa shape index (κ3) is 5.31. The number of benzene rings is 1. The summed E-state index contributed by atoms with van der Waals surface area (Å²) in [6.07, 6.45) is 1.34. The zero-order chi connectivity index (χ0) is 25.7. The van der Waals surface area contributed by atoms with E-state index in [2.05, 4.69) is 9.97 Å². The summed E-state index contributed by atoms with van der Waals surface area (Å²) in [6, 6.07) is 8.83. The Morgan fingerprint density at radius 2 is 1.83 bits per heavy atom. The first-order valence-electron chi connectivity index (χ1n) is 10.6. The highest BCUT2D eigenvalue weighted by molar-refractivity contribution is 7.14. The fourth-order valence-corrected chi connectivity index (χ4v) is 4.40. The maximum absolute atomic E-state index is 13.3. The molecule has 1 amide bonds. The molecule has 0 atom stereocenters. The Kier molecular flexibility index (Phi) is 7.83. The molecule has 0 radical (unpaired) electrons. The average molecular weight is 493 g/mol. The van der Waals surface area contributed by atoms with Crippen molar-refractivity contribution in [2.75, 3.05) is 18.6 Å². The number of hydrogen-bond acceptors (Lipinski definition) is 8. The summed E-state index contributed by atoms with van der Waals surface area (Å²) in [5.41, 5.74) is 1.86. The average Bonchev–Trinajstić information content (AvgIpc) is 3.40. The monoisotopic (exact) mass is 492 g/mol. The van der Waals surface area contributed by atoms with Crippen LogP contribution in [0, 0.1) is 25.2 Å². The molecule has 0 bridgehead atoms. The molecule has 0 saturated carbocycles. The van der Waals surface area contributed by atoms with Crippen molar-refractivity contribution in [3.63, 3.8) is 0 Å². The Hall–Kier alpha value is -4.23. The van der Waals surface area contributed by atoms with Crippen LogP contribution < -0.4 is 9.64 Å². The number of hydrogen-bond donors (Lipinski definition) is 1. The van der Waals surface area contributed by atoms with Crippen molar-refractivity contribution < 1.29 is 23.9 Å². The molecule has 0 saturated heterocycles. The van der Waals surface area contributed by atoms with Gasteiger partial charge in [-0.2, -0.15) is 5.26 Å². The number of Topliss-reactive ketones (excluding diaryl/α,β-unsaturated/α-hetero) is 1. The maximum Gasteiger partial charge on any atom is 0.340 e. The summed E-state index contributed by atoms with van der Waals surface area (Å²) in [7, 11) is 1.55. The van der Waals surface area contributed by atoms with Crippen LogP contribution in [0.25, 0.3) is 6.08 Å². The number of aromatic amines is 1. The van der Waals surface area contributed by atoms with Crippen molar-refractivity contribution in [1.29, 1.82) is 5.26 Å². The third-order valence-electron chi connectivity index (χ3n) is 5.09. The molecule has 0 spiro atoms. The zero-order valence-corrected chi connectivity index (χ0v) is 20.8. The van der Waals surface area contributed by atoms with E-state index in [0.29, 0.717) is 33.7 Å². The predicted octanol–water partition coefficient (Wildman–Crippen LogP) is 4.75. The van der Waals surface area contributed by atoms with Crippen LogP contribution in [0.2, 0.25) is 0 Å². The van der Waals surface area contributed by atoms with Gasteiger partial charge in [0.15, 0.2) is 5.13 Å². The summed E-state index contributed by atoms with van der Waals surface area (Å²) in [4.78, 5) is 46.9. The Bertz CT molecular complexity index is 1350. The number of ketones is 1. The maximum atomic E-state index is 13.3. The van der Waals surface area contributed by atoms with E-state index in [9.17, 15) is 19.6 Å². The number of H-pyrrole nitrogens is 1. The van der Waals surface area contributed by atoms with Gasteiger partial charge in [0.1, 0.15) is 17.4 Å². The highest BCUT2D eigenvalue weighted by Gasteiger charge is 2.27. The number of thiazole rings is 1. The molecule has 9 nitrogen and oxygen atoms in total. The zero-order valence-electron chi connectivity index (χ0n) is 20.0. The van der Waals surface area contributed by atoms with Gasteiger partial charge >= 0.3 is 5.97 Å². The van der Waals surface area contributed by atoms with E-state index in [1.54, 1.807) is 57.5 Å².